The van der Waals surface area contributed by atoms with Crippen LogP contribution in [0.2, 0.25) is 10.0 Å². The normalized spacial score (nSPS) is 14.5. The number of nitrogens with zero attached hydrogens (tertiary/aromatic N) is 1. The highest BCUT2D eigenvalue weighted by Crippen LogP contribution is 2.34. The van der Waals surface area contributed by atoms with Gasteiger partial charge in [-0.2, -0.15) is 0 Å². The van der Waals surface area contributed by atoms with Crippen molar-refractivity contribution in [3.63, 3.8) is 0 Å². The molecule has 0 bridgehead atoms. The van der Waals surface area contributed by atoms with E-state index in [1.54, 1.807) is 0 Å². The number of anilines is 1. The van der Waals surface area contributed by atoms with Gasteiger partial charge in [-0.3, -0.25) is 4.79 Å². The summed E-state index contributed by atoms with van der Waals surface area (Å²) in [6.45, 7) is -0.208. The maximum atomic E-state index is 13.3. The molecule has 0 saturated heterocycles. The molecule has 0 radical (unpaired) electrons. The number of amides is 1. The number of ether oxygens (including phenoxy) is 1. The first-order chi connectivity index (χ1) is 10.9. The molecule has 1 aliphatic rings. The summed E-state index contributed by atoms with van der Waals surface area (Å²) in [5.41, 5.74) is 0.214. The third-order valence-electron chi connectivity index (χ3n) is 3.25. The van der Waals surface area contributed by atoms with E-state index in [2.05, 4.69) is 10.1 Å². The summed E-state index contributed by atoms with van der Waals surface area (Å²) in [6, 6.07) is 2.38. The molecule has 9 heteroatoms. The monoisotopic (exact) mass is 362 g/mol. The zero-order valence-electron chi connectivity index (χ0n) is 12.0. The van der Waals surface area contributed by atoms with Crippen molar-refractivity contribution in [3.05, 3.63) is 39.3 Å². The zero-order chi connectivity index (χ0) is 17.1. The molecule has 1 amide bonds. The SMILES string of the molecule is COC(=O)C1=C(Nc2ccc(F)c(Cl)c2Cl)C(=O)N(CCO)C1. The summed E-state index contributed by atoms with van der Waals surface area (Å²) in [7, 11) is 1.19. The molecule has 0 atom stereocenters. The Hall–Kier alpha value is -1.83. The van der Waals surface area contributed by atoms with E-state index in [4.69, 9.17) is 28.3 Å². The van der Waals surface area contributed by atoms with Crippen molar-refractivity contribution in [2.24, 2.45) is 0 Å². The molecule has 1 aromatic rings. The molecule has 1 aromatic carbocycles. The second-order valence-electron chi connectivity index (χ2n) is 4.64. The van der Waals surface area contributed by atoms with Crippen LogP contribution in [0.5, 0.6) is 0 Å². The van der Waals surface area contributed by atoms with Gasteiger partial charge in [0.05, 0.1) is 41.6 Å². The number of aliphatic hydroxyl groups excluding tert-OH is 1. The molecule has 0 spiro atoms. The molecule has 2 rings (SSSR count). The Labute approximate surface area is 141 Å². The maximum Gasteiger partial charge on any atom is 0.337 e. The van der Waals surface area contributed by atoms with Crippen LogP contribution in [0.3, 0.4) is 0 Å². The lowest BCUT2D eigenvalue weighted by atomic mass is 10.2. The second kappa shape index (κ2) is 7.16. The topological polar surface area (TPSA) is 78.9 Å². The Morgan fingerprint density at radius 3 is 2.74 bits per heavy atom. The molecule has 2 N–H and O–H groups in total. The van der Waals surface area contributed by atoms with Crippen LogP contribution in [-0.2, 0) is 14.3 Å². The first-order valence-electron chi connectivity index (χ1n) is 6.52. The van der Waals surface area contributed by atoms with Crippen molar-refractivity contribution in [2.75, 3.05) is 32.1 Å². The van der Waals surface area contributed by atoms with Crippen molar-refractivity contribution < 1.29 is 23.8 Å². The standard InChI is InChI=1S/C14H13Cl2FN2O4/c1-23-14(22)7-6-19(4-5-20)13(21)12(7)18-9-3-2-8(17)10(15)11(9)16/h2-3,18,20H,4-6H2,1H3. The number of halogens is 3. The Kier molecular flexibility index (Phi) is 5.46. The minimum absolute atomic E-state index is 0.0130. The zero-order valence-corrected chi connectivity index (χ0v) is 13.5. The van der Waals surface area contributed by atoms with Crippen molar-refractivity contribution >= 4 is 40.8 Å². The summed E-state index contributed by atoms with van der Waals surface area (Å²) in [6.07, 6.45) is 0. The van der Waals surface area contributed by atoms with E-state index in [0.29, 0.717) is 0 Å². The summed E-state index contributed by atoms with van der Waals surface area (Å²) < 4.78 is 18.0. The van der Waals surface area contributed by atoms with Crippen LogP contribution in [-0.4, -0.2) is 48.7 Å². The molecule has 1 heterocycles. The lowest BCUT2D eigenvalue weighted by Gasteiger charge is -2.15. The number of rotatable bonds is 5. The molecule has 0 aliphatic carbocycles. The number of aliphatic hydroxyl groups is 1. The highest BCUT2D eigenvalue weighted by atomic mass is 35.5. The van der Waals surface area contributed by atoms with E-state index >= 15 is 0 Å². The van der Waals surface area contributed by atoms with E-state index in [0.717, 1.165) is 6.07 Å². The van der Waals surface area contributed by atoms with Gasteiger partial charge in [0.25, 0.3) is 5.91 Å². The first kappa shape index (κ1) is 17.5. The first-order valence-corrected chi connectivity index (χ1v) is 7.28. The number of benzene rings is 1. The van der Waals surface area contributed by atoms with Gasteiger partial charge in [-0.15, -0.1) is 0 Å². The van der Waals surface area contributed by atoms with Crippen molar-refractivity contribution in [2.45, 2.75) is 0 Å². The quantitative estimate of drug-likeness (QED) is 0.616. The average molecular weight is 363 g/mol. The number of carbonyl (C=O) groups excluding carboxylic acids is 2. The van der Waals surface area contributed by atoms with Gasteiger partial charge < -0.3 is 20.1 Å². The van der Waals surface area contributed by atoms with E-state index < -0.39 is 17.7 Å². The van der Waals surface area contributed by atoms with Crippen LogP contribution < -0.4 is 5.32 Å². The van der Waals surface area contributed by atoms with Crippen LogP contribution in [0.1, 0.15) is 0 Å². The highest BCUT2D eigenvalue weighted by molar-refractivity contribution is 6.43. The number of esters is 1. The van der Waals surface area contributed by atoms with Crippen LogP contribution in [0.15, 0.2) is 23.4 Å². The summed E-state index contributed by atoms with van der Waals surface area (Å²) in [4.78, 5) is 25.4. The Balaban J connectivity index is 2.39. The van der Waals surface area contributed by atoms with Gasteiger partial charge in [-0.05, 0) is 12.1 Å². The smallest absolute Gasteiger partial charge is 0.337 e. The largest absolute Gasteiger partial charge is 0.466 e. The van der Waals surface area contributed by atoms with E-state index in [1.807, 2.05) is 0 Å². The van der Waals surface area contributed by atoms with Gasteiger partial charge in [-0.1, -0.05) is 23.2 Å². The van der Waals surface area contributed by atoms with Gasteiger partial charge in [0.1, 0.15) is 11.5 Å². The third kappa shape index (κ3) is 3.41. The molecule has 0 unspecified atom stereocenters. The average Bonchev–Trinajstić information content (AvgIpc) is 2.84. The summed E-state index contributed by atoms with van der Waals surface area (Å²) >= 11 is 11.7. The fourth-order valence-corrected chi connectivity index (χ4v) is 2.47. The van der Waals surface area contributed by atoms with Crippen LogP contribution in [0, 0.1) is 5.82 Å². The van der Waals surface area contributed by atoms with Crippen molar-refractivity contribution in [1.29, 1.82) is 0 Å². The van der Waals surface area contributed by atoms with E-state index in [-0.39, 0.29) is 46.7 Å². The molecular weight excluding hydrogens is 350 g/mol. The number of hydrogen-bond acceptors (Lipinski definition) is 5. The van der Waals surface area contributed by atoms with Crippen molar-refractivity contribution in [1.82, 2.24) is 4.90 Å². The van der Waals surface area contributed by atoms with E-state index in [1.165, 1.54) is 18.1 Å². The molecule has 0 fully saturated rings. The fourth-order valence-electron chi connectivity index (χ4n) is 2.11. The minimum atomic E-state index is -0.705. The van der Waals surface area contributed by atoms with Crippen LogP contribution in [0.4, 0.5) is 10.1 Å². The Morgan fingerprint density at radius 2 is 2.13 bits per heavy atom. The maximum absolute atomic E-state index is 13.3. The lowest BCUT2D eigenvalue weighted by Crippen LogP contribution is -2.31. The van der Waals surface area contributed by atoms with Crippen LogP contribution >= 0.6 is 23.2 Å². The highest BCUT2D eigenvalue weighted by Gasteiger charge is 2.34. The predicted octanol–water partition coefficient (Wildman–Crippen LogP) is 1.81. The number of methoxy groups -OCH3 is 1. The van der Waals surface area contributed by atoms with Gasteiger partial charge in [0, 0.05) is 6.54 Å². The van der Waals surface area contributed by atoms with Gasteiger partial charge in [-0.25, -0.2) is 9.18 Å². The van der Waals surface area contributed by atoms with Gasteiger partial charge >= 0.3 is 5.97 Å². The Bertz CT molecular complexity index is 694. The molecular formula is C14H13Cl2FN2O4. The fraction of sp³-hybridized carbons (Fsp3) is 0.286. The number of hydrogen-bond donors (Lipinski definition) is 2. The summed E-state index contributed by atoms with van der Waals surface area (Å²) in [5.74, 6) is -1.90. The summed E-state index contributed by atoms with van der Waals surface area (Å²) in [5, 5.41) is 11.3. The van der Waals surface area contributed by atoms with Crippen molar-refractivity contribution in [3.8, 4) is 0 Å². The molecule has 23 heavy (non-hydrogen) atoms. The predicted molar refractivity (Wildman–Crippen MR) is 82.8 cm³/mol. The van der Waals surface area contributed by atoms with Gasteiger partial charge in [0.15, 0.2) is 0 Å². The number of nitrogens with one attached hydrogen (secondary N) is 1. The van der Waals surface area contributed by atoms with E-state index in [9.17, 15) is 14.0 Å². The second-order valence-corrected chi connectivity index (χ2v) is 5.40. The molecule has 124 valence electrons. The molecule has 1 aliphatic heterocycles. The third-order valence-corrected chi connectivity index (χ3v) is 4.11. The Morgan fingerprint density at radius 1 is 1.43 bits per heavy atom. The molecule has 0 saturated carbocycles. The number of β-amino-alcohol motifs (C(OH)–C–C–N with tert-alkyl or cyclic N) is 1. The van der Waals surface area contributed by atoms with Gasteiger partial charge in [0.2, 0.25) is 0 Å². The van der Waals surface area contributed by atoms with Crippen LogP contribution in [0.25, 0.3) is 0 Å². The number of carbonyl (C=O) groups is 2. The minimum Gasteiger partial charge on any atom is -0.466 e. The molecule has 6 nitrogen and oxygen atoms in total. The lowest BCUT2D eigenvalue weighted by molar-refractivity contribution is -0.136. The molecule has 0 aromatic heterocycles.